The number of rotatable bonds is 19. The summed E-state index contributed by atoms with van der Waals surface area (Å²) in [5.41, 5.74) is 11.8. The van der Waals surface area contributed by atoms with Crippen molar-refractivity contribution < 1.29 is 40.9 Å². The summed E-state index contributed by atoms with van der Waals surface area (Å²) >= 11 is 0. The van der Waals surface area contributed by atoms with Crippen molar-refractivity contribution in [2.75, 3.05) is 68.5 Å². The van der Waals surface area contributed by atoms with Crippen LogP contribution in [0.25, 0.3) is 0 Å². The summed E-state index contributed by atoms with van der Waals surface area (Å²) in [6, 6.07) is 31.9. The fraction of sp³-hybridized carbons (Fsp3) is 0.636. The summed E-state index contributed by atoms with van der Waals surface area (Å²) in [6.07, 6.45) is 20.9. The third kappa shape index (κ3) is 20.5. The van der Waals surface area contributed by atoms with Crippen LogP contribution in [0.5, 0.6) is 0 Å². The van der Waals surface area contributed by atoms with E-state index in [1.54, 1.807) is 0 Å². The maximum atomic E-state index is 11.1. The van der Waals surface area contributed by atoms with E-state index in [0.717, 1.165) is 150 Å². The fourth-order valence-corrected chi connectivity index (χ4v) is 13.0. The van der Waals surface area contributed by atoms with E-state index in [-0.39, 0.29) is 62.5 Å². The van der Waals surface area contributed by atoms with E-state index in [9.17, 15) is 20.4 Å². The zero-order valence-corrected chi connectivity index (χ0v) is 50.1. The van der Waals surface area contributed by atoms with E-state index in [1.165, 1.54) is 42.4 Å². The lowest BCUT2D eigenvalue weighted by Crippen LogP contribution is -2.42. The summed E-state index contributed by atoms with van der Waals surface area (Å²) in [6.45, 7) is 3.31. The van der Waals surface area contributed by atoms with Crippen LogP contribution in [0.1, 0.15) is 197 Å². The van der Waals surface area contributed by atoms with Gasteiger partial charge in [0.15, 0.2) is 0 Å². The van der Waals surface area contributed by atoms with Crippen LogP contribution in [0, 0.1) is 0 Å². The minimum atomic E-state index is -0.645. The van der Waals surface area contributed by atoms with Gasteiger partial charge in [0.1, 0.15) is 0 Å². The molecule has 4 fully saturated rings. The molecule has 4 aromatic carbocycles. The molecule has 0 saturated heterocycles. The number of aliphatic hydroxyl groups excluding tert-OH is 4. The number of hydrogen-bond acceptors (Lipinski definition) is 12. The van der Waals surface area contributed by atoms with Crippen LogP contribution in [-0.2, 0) is 26.4 Å². The molecule has 10 N–H and O–H groups in total. The van der Waals surface area contributed by atoms with Crippen molar-refractivity contribution in [1.82, 2.24) is 14.7 Å². The first kappa shape index (κ1) is 68.2. The minimum Gasteiger partial charge on any atom is -0.392 e. The van der Waals surface area contributed by atoms with Gasteiger partial charge in [0.25, 0.3) is 0 Å². The van der Waals surface area contributed by atoms with Gasteiger partial charge in [-0.2, -0.15) is 0 Å². The highest BCUT2D eigenvalue weighted by molar-refractivity contribution is 5.85. The zero-order valence-electron chi connectivity index (χ0n) is 49.3. The zero-order chi connectivity index (χ0) is 56.8. The third-order valence-electron chi connectivity index (χ3n) is 17.6. The topological polar surface area (TPSA) is 198 Å². The molecule has 4 aliphatic carbocycles. The average Bonchev–Trinajstić information content (AvgIpc) is 3.47. The van der Waals surface area contributed by atoms with Crippen LogP contribution in [0.4, 0.5) is 0 Å². The monoisotopic (exact) mass is 1120 g/mol. The normalized spacial score (nSPS) is 19.9. The second kappa shape index (κ2) is 33.7. The standard InChI is InChI=1S/3C17H27NO2.C15H23NO2.ClH/c3*1-18(2)12-16(17(20)10-4-3-5-11-17)15-8-6-14(13-19)7-9-15;16-10-14(15(18)8-2-1-3-9-15)13-6-4-12(11-17)5-7-13;/h3*6-9,16,19-20H,3-5,10-13H2,1-2H3;4-7,14,17-18H,1-3,8-11,16H2;1H. The van der Waals surface area contributed by atoms with E-state index < -0.39 is 22.4 Å². The van der Waals surface area contributed by atoms with Crippen molar-refractivity contribution in [1.29, 1.82) is 0 Å². The Labute approximate surface area is 482 Å². The number of aliphatic hydroxyl groups is 8. The van der Waals surface area contributed by atoms with Gasteiger partial charge in [0, 0.05) is 49.9 Å². The highest BCUT2D eigenvalue weighted by atomic mass is 35.5. The highest BCUT2D eigenvalue weighted by Gasteiger charge is 2.42. The molecule has 0 spiro atoms. The molecule has 4 saturated carbocycles. The minimum absolute atomic E-state index is 0. The van der Waals surface area contributed by atoms with Gasteiger partial charge < -0.3 is 61.3 Å². The number of benzene rings is 4. The maximum Gasteiger partial charge on any atom is 0.0728 e. The lowest BCUT2D eigenvalue weighted by atomic mass is 9.72. The van der Waals surface area contributed by atoms with E-state index in [4.69, 9.17) is 26.2 Å². The molecule has 444 valence electrons. The molecular weight excluding hydrogens is 1010 g/mol. The molecule has 0 radical (unpaired) electrons. The lowest BCUT2D eigenvalue weighted by molar-refractivity contribution is -0.0280. The Hall–Kier alpha value is -3.31. The van der Waals surface area contributed by atoms with Gasteiger partial charge in [0.05, 0.1) is 48.8 Å². The van der Waals surface area contributed by atoms with Crippen LogP contribution >= 0.6 is 12.4 Å². The SMILES string of the molecule is CN(C)CC(c1ccc(CO)cc1)C1(O)CCCCC1.CN(C)CC(c1ccc(CO)cc1)C1(O)CCCCC1.CN(C)CC(c1ccc(CO)cc1)C1(O)CCCCC1.Cl.NCC(c1ccc(CO)cc1)C1(O)CCCCC1. The lowest BCUT2D eigenvalue weighted by Gasteiger charge is -2.41. The summed E-state index contributed by atoms with van der Waals surface area (Å²) in [4.78, 5) is 6.45. The molecule has 0 amide bonds. The Bertz CT molecular complexity index is 2040. The Morgan fingerprint density at radius 3 is 0.671 bits per heavy atom. The van der Waals surface area contributed by atoms with Gasteiger partial charge in [-0.1, -0.05) is 174 Å². The van der Waals surface area contributed by atoms with Gasteiger partial charge in [-0.25, -0.2) is 0 Å². The number of nitrogens with zero attached hydrogens (tertiary/aromatic N) is 3. The van der Waals surface area contributed by atoms with Crippen molar-refractivity contribution in [3.63, 3.8) is 0 Å². The van der Waals surface area contributed by atoms with Gasteiger partial charge in [-0.15, -0.1) is 12.4 Å². The van der Waals surface area contributed by atoms with Crippen molar-refractivity contribution in [3.8, 4) is 0 Å². The smallest absolute Gasteiger partial charge is 0.0728 e. The second-order valence-electron chi connectivity index (χ2n) is 24.5. The number of halogens is 1. The predicted octanol–water partition coefficient (Wildman–Crippen LogP) is 9.90. The van der Waals surface area contributed by atoms with Crippen LogP contribution in [0.15, 0.2) is 97.1 Å². The number of likely N-dealkylation sites (N-methyl/N-ethyl adjacent to an activating group) is 3. The summed E-state index contributed by atoms with van der Waals surface area (Å²) in [5, 5.41) is 80.5. The predicted molar refractivity (Wildman–Crippen MR) is 325 cm³/mol. The average molecular weight is 1120 g/mol. The molecular formula is C66H105ClN4O8. The van der Waals surface area contributed by atoms with Crippen LogP contribution in [-0.4, -0.2) is 146 Å². The Morgan fingerprint density at radius 1 is 0.329 bits per heavy atom. The van der Waals surface area contributed by atoms with E-state index in [0.29, 0.717) is 6.54 Å². The first-order valence-corrected chi connectivity index (χ1v) is 29.7. The summed E-state index contributed by atoms with van der Waals surface area (Å²) < 4.78 is 0. The molecule has 12 nitrogen and oxygen atoms in total. The fourth-order valence-electron chi connectivity index (χ4n) is 13.0. The molecule has 0 aromatic heterocycles. The summed E-state index contributed by atoms with van der Waals surface area (Å²) in [5.74, 6) is 0.437. The molecule has 0 bridgehead atoms. The molecule has 4 aromatic rings. The van der Waals surface area contributed by atoms with Crippen molar-refractivity contribution in [2.45, 2.75) is 201 Å². The van der Waals surface area contributed by atoms with Gasteiger partial charge in [-0.3, -0.25) is 0 Å². The van der Waals surface area contributed by atoms with Crippen molar-refractivity contribution in [2.24, 2.45) is 5.73 Å². The number of nitrogens with two attached hydrogens (primary N) is 1. The molecule has 4 unspecified atom stereocenters. The highest BCUT2D eigenvalue weighted by Crippen LogP contribution is 2.44. The van der Waals surface area contributed by atoms with Crippen LogP contribution in [0.3, 0.4) is 0 Å². The Balaban J connectivity index is 0.000000226. The Kier molecular flexibility index (Phi) is 29.1. The van der Waals surface area contributed by atoms with E-state index in [1.807, 2.05) is 60.7 Å². The number of hydrogen-bond donors (Lipinski definition) is 9. The first-order chi connectivity index (χ1) is 37.3. The van der Waals surface area contributed by atoms with Gasteiger partial charge in [0.2, 0.25) is 0 Å². The molecule has 79 heavy (non-hydrogen) atoms. The third-order valence-corrected chi connectivity index (χ3v) is 17.6. The van der Waals surface area contributed by atoms with Crippen molar-refractivity contribution >= 4 is 12.4 Å². The second-order valence-corrected chi connectivity index (χ2v) is 24.5. The largest absolute Gasteiger partial charge is 0.392 e. The van der Waals surface area contributed by atoms with Crippen LogP contribution < -0.4 is 5.73 Å². The van der Waals surface area contributed by atoms with E-state index in [2.05, 4.69) is 93.4 Å². The quantitative estimate of drug-likeness (QED) is 0.0432. The van der Waals surface area contributed by atoms with Gasteiger partial charge >= 0.3 is 0 Å². The van der Waals surface area contributed by atoms with E-state index >= 15 is 0 Å². The Morgan fingerprint density at radius 2 is 0.506 bits per heavy atom. The molecule has 0 aliphatic heterocycles. The van der Waals surface area contributed by atoms with Crippen molar-refractivity contribution in [3.05, 3.63) is 142 Å². The first-order valence-electron chi connectivity index (χ1n) is 29.7. The summed E-state index contributed by atoms with van der Waals surface area (Å²) in [7, 11) is 12.3. The molecule has 13 heteroatoms. The molecule has 4 atom stereocenters. The van der Waals surface area contributed by atoms with Crippen LogP contribution in [0.2, 0.25) is 0 Å². The van der Waals surface area contributed by atoms with Gasteiger partial charge in [-0.05, 0) is 138 Å². The molecule has 8 rings (SSSR count). The molecule has 0 heterocycles. The maximum absolute atomic E-state index is 11.1. The molecule has 4 aliphatic rings.